The molecule has 1 aromatic heterocycles. The molecule has 1 N–H and O–H groups in total. The van der Waals surface area contributed by atoms with Gasteiger partial charge in [-0.25, -0.2) is 0 Å². The number of benzene rings is 1. The number of anilines is 2. The Morgan fingerprint density at radius 1 is 1.08 bits per heavy atom. The average Bonchev–Trinajstić information content (AvgIpc) is 2.86. The monoisotopic (exact) mass is 338 g/mol. The second kappa shape index (κ2) is 6.31. The highest BCUT2D eigenvalue weighted by atomic mass is 16.2. The average molecular weight is 338 g/mol. The predicted octanol–water partition coefficient (Wildman–Crippen LogP) is 1.35. The number of aromatic nitrogens is 3. The van der Waals surface area contributed by atoms with Gasteiger partial charge in [0.05, 0.1) is 11.3 Å². The molecule has 0 saturated carbocycles. The van der Waals surface area contributed by atoms with Gasteiger partial charge in [0.15, 0.2) is 0 Å². The topological polar surface area (TPSA) is 94.5 Å². The Hall–Kier alpha value is -3.29. The minimum absolute atomic E-state index is 0.00584. The first kappa shape index (κ1) is 16.6. The molecule has 0 fully saturated rings. The van der Waals surface area contributed by atoms with Crippen LogP contribution < -0.4 is 15.5 Å². The third kappa shape index (κ3) is 3.18. The van der Waals surface area contributed by atoms with Crippen LogP contribution in [0.1, 0.15) is 18.2 Å². The van der Waals surface area contributed by atoms with Gasteiger partial charge in [-0.2, -0.15) is 10.1 Å². The molecule has 8 heteroatoms. The Morgan fingerprint density at radius 2 is 1.76 bits per heavy atom. The first-order valence-electron chi connectivity index (χ1n) is 7.69. The maximum Gasteiger partial charge on any atom is 0.283 e. The molecule has 1 aliphatic heterocycles. The maximum atomic E-state index is 12.6. The predicted molar refractivity (Wildman–Crippen MR) is 96.7 cm³/mol. The van der Waals surface area contributed by atoms with E-state index in [0.717, 1.165) is 16.3 Å². The molecule has 1 amide bonds. The van der Waals surface area contributed by atoms with Crippen LogP contribution in [-0.2, 0) is 4.79 Å². The van der Waals surface area contributed by atoms with Gasteiger partial charge in [-0.15, -0.1) is 10.2 Å². The van der Waals surface area contributed by atoms with Gasteiger partial charge < -0.3 is 4.90 Å². The highest BCUT2D eigenvalue weighted by molar-refractivity contribution is 6.31. The lowest BCUT2D eigenvalue weighted by Crippen LogP contribution is -2.27. The van der Waals surface area contributed by atoms with Crippen LogP contribution in [0.25, 0.3) is 6.08 Å². The van der Waals surface area contributed by atoms with Crippen molar-refractivity contribution < 1.29 is 4.79 Å². The second-order valence-electron chi connectivity index (χ2n) is 5.91. The molecule has 0 saturated heterocycles. The molecule has 0 aliphatic carbocycles. The molecular weight excluding hydrogens is 320 g/mol. The normalized spacial score (nSPS) is 15.7. The number of carbonyl (C=O) groups is 1. The van der Waals surface area contributed by atoms with Gasteiger partial charge in [0, 0.05) is 19.8 Å². The van der Waals surface area contributed by atoms with E-state index in [-0.39, 0.29) is 17.5 Å². The largest absolute Gasteiger partial charge is 0.378 e. The van der Waals surface area contributed by atoms with Crippen LogP contribution in [-0.4, -0.2) is 40.9 Å². The number of aromatic amines is 1. The van der Waals surface area contributed by atoms with E-state index in [1.807, 2.05) is 43.3 Å². The summed E-state index contributed by atoms with van der Waals surface area (Å²) in [6.07, 6.45) is 1.76. The van der Waals surface area contributed by atoms with Crippen molar-refractivity contribution in [2.75, 3.05) is 24.0 Å². The highest BCUT2D eigenvalue weighted by Crippen LogP contribution is 2.22. The maximum absolute atomic E-state index is 12.6. The zero-order valence-electron chi connectivity index (χ0n) is 14.4. The van der Waals surface area contributed by atoms with Gasteiger partial charge in [0.2, 0.25) is 0 Å². The van der Waals surface area contributed by atoms with Crippen molar-refractivity contribution in [3.8, 4) is 0 Å². The molecule has 1 aromatic carbocycles. The molecule has 128 valence electrons. The molecule has 0 unspecified atom stereocenters. The minimum Gasteiger partial charge on any atom is -0.378 e. The van der Waals surface area contributed by atoms with Gasteiger partial charge in [-0.3, -0.25) is 14.6 Å². The smallest absolute Gasteiger partial charge is 0.283 e. The fourth-order valence-corrected chi connectivity index (χ4v) is 2.34. The Kier molecular flexibility index (Phi) is 4.18. The number of H-pyrrole nitrogens is 1. The fraction of sp³-hybridized carbons (Fsp3) is 0.235. The van der Waals surface area contributed by atoms with Gasteiger partial charge in [-0.05, 0) is 37.6 Å². The number of rotatable bonds is 3. The number of hydrazone groups is 1. The Balaban J connectivity index is 1.91. The summed E-state index contributed by atoms with van der Waals surface area (Å²) in [5, 5.41) is 12.8. The van der Waals surface area contributed by atoms with Crippen LogP contribution in [0.5, 0.6) is 0 Å². The van der Waals surface area contributed by atoms with Crippen molar-refractivity contribution in [3.63, 3.8) is 0 Å². The van der Waals surface area contributed by atoms with Crippen LogP contribution in [0, 0.1) is 6.92 Å². The van der Waals surface area contributed by atoms with Crippen LogP contribution in [0.15, 0.2) is 39.7 Å². The van der Waals surface area contributed by atoms with Crippen molar-refractivity contribution in [2.24, 2.45) is 5.10 Å². The van der Waals surface area contributed by atoms with Crippen molar-refractivity contribution in [2.45, 2.75) is 13.8 Å². The molecule has 2 heterocycles. The van der Waals surface area contributed by atoms with E-state index in [2.05, 4.69) is 20.3 Å². The van der Waals surface area contributed by atoms with Crippen molar-refractivity contribution in [1.29, 1.82) is 0 Å². The minimum atomic E-state index is -0.401. The molecule has 0 bridgehead atoms. The second-order valence-corrected chi connectivity index (χ2v) is 5.91. The van der Waals surface area contributed by atoms with Crippen LogP contribution >= 0.6 is 0 Å². The van der Waals surface area contributed by atoms with Crippen LogP contribution in [0.4, 0.5) is 11.6 Å². The zero-order chi connectivity index (χ0) is 18.1. The molecule has 2 aromatic rings. The summed E-state index contributed by atoms with van der Waals surface area (Å²) < 4.78 is 0. The van der Waals surface area contributed by atoms with E-state index in [0.29, 0.717) is 11.3 Å². The number of carbonyl (C=O) groups excluding carboxylic acids is 1. The first-order chi connectivity index (χ1) is 11.9. The molecule has 0 radical (unpaired) electrons. The molecule has 0 atom stereocenters. The first-order valence-corrected chi connectivity index (χ1v) is 7.69. The summed E-state index contributed by atoms with van der Waals surface area (Å²) in [6, 6.07) is 7.80. The van der Waals surface area contributed by atoms with Crippen molar-refractivity contribution in [3.05, 3.63) is 51.4 Å². The molecule has 25 heavy (non-hydrogen) atoms. The summed E-state index contributed by atoms with van der Waals surface area (Å²) in [7, 11) is 3.93. The van der Waals surface area contributed by atoms with Crippen molar-refractivity contribution >= 4 is 29.3 Å². The molecule has 3 rings (SSSR count). The summed E-state index contributed by atoms with van der Waals surface area (Å²) in [5.74, 6) is -0.353. The molecule has 8 nitrogen and oxygen atoms in total. The third-order valence-electron chi connectivity index (χ3n) is 3.83. The number of nitrogens with one attached hydrogen (secondary N) is 1. The molecule has 0 spiro atoms. The van der Waals surface area contributed by atoms with E-state index in [4.69, 9.17) is 0 Å². The lowest BCUT2D eigenvalue weighted by Gasteiger charge is -2.12. The SMILES string of the molecule is CC1=NN(c2nnc(C)c(=O)[nH]2)C(=O)C1=Cc1ccc(N(C)C)cc1. The Morgan fingerprint density at radius 3 is 2.36 bits per heavy atom. The Labute approximate surface area is 144 Å². The van der Waals surface area contributed by atoms with E-state index >= 15 is 0 Å². The van der Waals surface area contributed by atoms with E-state index in [1.165, 1.54) is 0 Å². The fourth-order valence-electron chi connectivity index (χ4n) is 2.34. The van der Waals surface area contributed by atoms with E-state index < -0.39 is 5.56 Å². The lowest BCUT2D eigenvalue weighted by atomic mass is 10.1. The van der Waals surface area contributed by atoms with Crippen LogP contribution in [0.3, 0.4) is 0 Å². The van der Waals surface area contributed by atoms with Gasteiger partial charge in [-0.1, -0.05) is 12.1 Å². The van der Waals surface area contributed by atoms with Gasteiger partial charge in [0.25, 0.3) is 17.4 Å². The number of hydrogen-bond donors (Lipinski definition) is 1. The van der Waals surface area contributed by atoms with Gasteiger partial charge in [0.1, 0.15) is 5.69 Å². The lowest BCUT2D eigenvalue weighted by molar-refractivity contribution is -0.114. The highest BCUT2D eigenvalue weighted by Gasteiger charge is 2.30. The van der Waals surface area contributed by atoms with E-state index in [1.54, 1.807) is 19.9 Å². The number of hydrogen-bond acceptors (Lipinski definition) is 6. The Bertz CT molecular complexity index is 940. The summed E-state index contributed by atoms with van der Waals surface area (Å²) >= 11 is 0. The van der Waals surface area contributed by atoms with Crippen molar-refractivity contribution in [1.82, 2.24) is 15.2 Å². The number of amides is 1. The summed E-state index contributed by atoms with van der Waals surface area (Å²) in [4.78, 5) is 28.8. The quantitative estimate of drug-likeness (QED) is 0.853. The van der Waals surface area contributed by atoms with E-state index in [9.17, 15) is 9.59 Å². The number of aryl methyl sites for hydroxylation is 1. The zero-order valence-corrected chi connectivity index (χ0v) is 14.4. The standard InChI is InChI=1S/C17H18N6O2/c1-10-14(9-12-5-7-13(8-6-12)22(3)4)16(25)23(21-10)17-18-15(24)11(2)19-20-17/h5-9H,1-4H3,(H,18,20,24). The molecule has 1 aliphatic rings. The summed E-state index contributed by atoms with van der Waals surface area (Å²) in [5.41, 5.74) is 2.77. The summed E-state index contributed by atoms with van der Waals surface area (Å²) in [6.45, 7) is 3.27. The number of nitrogens with zero attached hydrogens (tertiary/aromatic N) is 5. The third-order valence-corrected chi connectivity index (χ3v) is 3.83. The molecular formula is C17H18N6O2. The van der Waals surface area contributed by atoms with Crippen LogP contribution in [0.2, 0.25) is 0 Å². The van der Waals surface area contributed by atoms with Gasteiger partial charge >= 0.3 is 0 Å².